The van der Waals surface area contributed by atoms with E-state index in [1.165, 1.54) is 18.0 Å². The summed E-state index contributed by atoms with van der Waals surface area (Å²) in [6.45, 7) is 2.72. The number of nitrogens with zero attached hydrogens (tertiary/aromatic N) is 3. The van der Waals surface area contributed by atoms with Gasteiger partial charge in [-0.1, -0.05) is 6.58 Å². The average molecular weight is 405 g/mol. The molecule has 13 nitrogen and oxygen atoms in total. The molecule has 2 aromatic rings. The summed E-state index contributed by atoms with van der Waals surface area (Å²) in [5.74, 6) is -0.129. The van der Waals surface area contributed by atoms with Crippen molar-refractivity contribution in [3.05, 3.63) is 23.3 Å². The number of phosphoric acid groups is 1. The monoisotopic (exact) mass is 405 g/mol. The predicted molar refractivity (Wildman–Crippen MR) is 93.5 cm³/mol. The van der Waals surface area contributed by atoms with Crippen molar-refractivity contribution in [1.29, 1.82) is 0 Å². The van der Waals surface area contributed by atoms with E-state index in [2.05, 4.69) is 26.1 Å². The molecule has 0 fully saturated rings. The number of fused-ring (bicyclic) bond motifs is 1. The number of aromatic amines is 1. The first-order valence-corrected chi connectivity index (χ1v) is 9.06. The molecule has 2 aromatic heterocycles. The standard InChI is InChI=1S/C13H20N5O8P/c1-7(18-6-15-10-11(18)16-13(14)17-12(10)20)9(3-19)26-8(4-24-2)5-25-27(21,22)23/h6,8-9,19H,1,3-5H2,2H3,(H2,21,22,23)(H3,14,16,17,20)/t8-,9+/m0/s1. The summed E-state index contributed by atoms with van der Waals surface area (Å²) < 4.78 is 27.1. The topological polar surface area (TPSA) is 195 Å². The van der Waals surface area contributed by atoms with Crippen molar-refractivity contribution < 1.29 is 33.5 Å². The van der Waals surface area contributed by atoms with Crippen molar-refractivity contribution in [3.63, 3.8) is 0 Å². The van der Waals surface area contributed by atoms with Crippen LogP contribution in [0.4, 0.5) is 5.95 Å². The maximum atomic E-state index is 11.8. The number of nitrogens with two attached hydrogens (primary N) is 1. The van der Waals surface area contributed by atoms with Crippen LogP contribution in [0.5, 0.6) is 0 Å². The Morgan fingerprint density at radius 2 is 2.19 bits per heavy atom. The van der Waals surface area contributed by atoms with Crippen LogP contribution in [0.2, 0.25) is 0 Å². The maximum absolute atomic E-state index is 11.8. The van der Waals surface area contributed by atoms with Crippen LogP contribution >= 0.6 is 7.82 Å². The second-order valence-corrected chi connectivity index (χ2v) is 6.64. The summed E-state index contributed by atoms with van der Waals surface area (Å²) in [5, 5.41) is 9.65. The molecule has 2 rings (SSSR count). The van der Waals surface area contributed by atoms with Crippen molar-refractivity contribution >= 4 is 30.6 Å². The molecule has 0 aromatic carbocycles. The van der Waals surface area contributed by atoms with Gasteiger partial charge in [-0.3, -0.25) is 18.9 Å². The van der Waals surface area contributed by atoms with Crippen LogP contribution in [0, 0.1) is 0 Å². The summed E-state index contributed by atoms with van der Waals surface area (Å²) in [6.07, 6.45) is -0.698. The molecule has 6 N–H and O–H groups in total. The molecule has 0 aliphatic heterocycles. The minimum Gasteiger partial charge on any atom is -0.393 e. The zero-order chi connectivity index (χ0) is 20.2. The minimum atomic E-state index is -4.71. The molecule has 2 heterocycles. The van der Waals surface area contributed by atoms with Gasteiger partial charge in [-0.05, 0) is 0 Å². The van der Waals surface area contributed by atoms with Crippen molar-refractivity contribution in [2.45, 2.75) is 12.2 Å². The molecule has 0 radical (unpaired) electrons. The zero-order valence-corrected chi connectivity index (χ0v) is 15.2. The number of nitrogens with one attached hydrogen (secondary N) is 1. The van der Waals surface area contributed by atoms with Crippen molar-refractivity contribution in [3.8, 4) is 0 Å². The van der Waals surface area contributed by atoms with Gasteiger partial charge >= 0.3 is 7.82 Å². The Bertz CT molecular complexity index is 906. The fraction of sp³-hybridized carbons (Fsp3) is 0.462. The smallest absolute Gasteiger partial charge is 0.393 e. The van der Waals surface area contributed by atoms with Crippen molar-refractivity contribution in [2.24, 2.45) is 0 Å². The van der Waals surface area contributed by atoms with Gasteiger partial charge in [0, 0.05) is 12.8 Å². The third-order valence-electron chi connectivity index (χ3n) is 3.41. The van der Waals surface area contributed by atoms with E-state index >= 15 is 0 Å². The second kappa shape index (κ2) is 8.71. The van der Waals surface area contributed by atoms with E-state index in [-0.39, 0.29) is 29.4 Å². The van der Waals surface area contributed by atoms with E-state index in [0.717, 1.165) is 0 Å². The lowest BCUT2D eigenvalue weighted by molar-refractivity contribution is -0.0653. The minimum absolute atomic E-state index is 0.0142. The van der Waals surface area contributed by atoms with Crippen LogP contribution in [0.25, 0.3) is 16.9 Å². The molecule has 150 valence electrons. The number of H-pyrrole nitrogens is 1. The first-order valence-electron chi connectivity index (χ1n) is 7.53. The third kappa shape index (κ3) is 5.43. The molecule has 0 saturated heterocycles. The number of aromatic nitrogens is 4. The van der Waals surface area contributed by atoms with Crippen LogP contribution in [0.15, 0.2) is 17.7 Å². The van der Waals surface area contributed by atoms with E-state index < -0.39 is 38.8 Å². The van der Waals surface area contributed by atoms with Crippen LogP contribution in [-0.2, 0) is 18.6 Å². The van der Waals surface area contributed by atoms with Crippen LogP contribution in [-0.4, -0.2) is 73.6 Å². The molecule has 0 aliphatic carbocycles. The Balaban J connectivity index is 2.24. The Morgan fingerprint density at radius 3 is 2.78 bits per heavy atom. The van der Waals surface area contributed by atoms with Crippen LogP contribution < -0.4 is 11.3 Å². The van der Waals surface area contributed by atoms with E-state index in [1.54, 1.807) is 0 Å². The summed E-state index contributed by atoms with van der Waals surface area (Å²) in [5.41, 5.74) is 5.28. The molecule has 0 amide bonds. The molecule has 0 aliphatic rings. The van der Waals surface area contributed by atoms with E-state index in [0.29, 0.717) is 0 Å². The van der Waals surface area contributed by atoms with Crippen LogP contribution in [0.1, 0.15) is 0 Å². The van der Waals surface area contributed by atoms with Gasteiger partial charge in [-0.25, -0.2) is 9.55 Å². The van der Waals surface area contributed by atoms with E-state index in [4.69, 9.17) is 25.0 Å². The predicted octanol–water partition coefficient (Wildman–Crippen LogP) is -1.33. The molecular formula is C13H20N5O8P. The lowest BCUT2D eigenvalue weighted by atomic mass is 10.2. The Kier molecular flexibility index (Phi) is 6.84. The summed E-state index contributed by atoms with van der Waals surface area (Å²) in [6, 6.07) is 0. The first-order chi connectivity index (χ1) is 12.7. The molecule has 0 saturated carbocycles. The van der Waals surface area contributed by atoms with Crippen LogP contribution in [0.3, 0.4) is 0 Å². The van der Waals surface area contributed by atoms with Crippen molar-refractivity contribution in [1.82, 2.24) is 19.5 Å². The number of anilines is 1. The molecule has 27 heavy (non-hydrogen) atoms. The van der Waals surface area contributed by atoms with Gasteiger partial charge in [0.15, 0.2) is 11.2 Å². The van der Waals surface area contributed by atoms with Gasteiger partial charge in [-0.2, -0.15) is 4.98 Å². The number of methoxy groups -OCH3 is 1. The third-order valence-corrected chi connectivity index (χ3v) is 3.90. The Morgan fingerprint density at radius 1 is 1.48 bits per heavy atom. The fourth-order valence-electron chi connectivity index (χ4n) is 2.24. The highest BCUT2D eigenvalue weighted by atomic mass is 31.2. The number of hydrogen-bond donors (Lipinski definition) is 5. The first kappa shape index (κ1) is 21.2. The molecule has 14 heteroatoms. The normalized spacial score (nSPS) is 14.4. The second-order valence-electron chi connectivity index (χ2n) is 5.40. The SMILES string of the molecule is C=C([C@@H](CO)O[C@@H](COC)COP(=O)(O)O)n1cnc2c(=O)[nH]c(N)nc21. The molecule has 0 bridgehead atoms. The Labute approximate surface area is 152 Å². The highest BCUT2D eigenvalue weighted by Crippen LogP contribution is 2.36. The van der Waals surface area contributed by atoms with Gasteiger partial charge in [0.1, 0.15) is 18.5 Å². The number of imidazole rings is 1. The maximum Gasteiger partial charge on any atom is 0.469 e. The number of phosphoric ester groups is 1. The number of rotatable bonds is 10. The molecule has 0 spiro atoms. The summed E-state index contributed by atoms with van der Waals surface area (Å²) in [7, 11) is -3.35. The van der Waals surface area contributed by atoms with Gasteiger partial charge in [0.25, 0.3) is 5.56 Å². The Hall–Kier alpha value is -2.12. The number of ether oxygens (including phenoxy) is 2. The fourth-order valence-corrected chi connectivity index (χ4v) is 2.60. The quantitative estimate of drug-likeness (QED) is 0.294. The summed E-state index contributed by atoms with van der Waals surface area (Å²) >= 11 is 0. The number of aliphatic hydroxyl groups excluding tert-OH is 1. The van der Waals surface area contributed by atoms with Gasteiger partial charge in [-0.15, -0.1) is 0 Å². The van der Waals surface area contributed by atoms with Gasteiger partial charge < -0.3 is 30.1 Å². The summed E-state index contributed by atoms with van der Waals surface area (Å²) in [4.78, 5) is 39.7. The van der Waals surface area contributed by atoms with E-state index in [1.807, 2.05) is 0 Å². The lowest BCUT2D eigenvalue weighted by Gasteiger charge is -2.25. The largest absolute Gasteiger partial charge is 0.469 e. The van der Waals surface area contributed by atoms with Crippen molar-refractivity contribution in [2.75, 3.05) is 32.7 Å². The average Bonchev–Trinajstić information content (AvgIpc) is 3.00. The molecular weight excluding hydrogens is 385 g/mol. The van der Waals surface area contributed by atoms with E-state index in [9.17, 15) is 14.5 Å². The molecule has 2 atom stereocenters. The lowest BCUT2D eigenvalue weighted by Crippen LogP contribution is -2.33. The van der Waals surface area contributed by atoms with Gasteiger partial charge in [0.2, 0.25) is 5.95 Å². The number of aliphatic hydroxyl groups is 1. The zero-order valence-electron chi connectivity index (χ0n) is 14.3. The highest BCUT2D eigenvalue weighted by Gasteiger charge is 2.25. The number of hydrogen-bond acceptors (Lipinski definition) is 9. The van der Waals surface area contributed by atoms with Gasteiger partial charge in [0.05, 0.1) is 19.8 Å². The number of nitrogen functional groups attached to an aromatic ring is 1. The highest BCUT2D eigenvalue weighted by molar-refractivity contribution is 7.46. The molecule has 0 unspecified atom stereocenters.